The first-order valence-corrected chi connectivity index (χ1v) is 12.1. The van der Waals surface area contributed by atoms with Crippen molar-refractivity contribution in [2.75, 3.05) is 38.2 Å². The summed E-state index contributed by atoms with van der Waals surface area (Å²) in [5.74, 6) is -0.203. The second-order valence-electron chi connectivity index (χ2n) is 9.29. The average Bonchev–Trinajstić information content (AvgIpc) is 3.73. The Balaban J connectivity index is 1.49. The lowest BCUT2D eigenvalue weighted by atomic mass is 10.1. The Labute approximate surface area is 208 Å². The molecule has 186 valence electrons. The SMILES string of the molecule is COc1ccc(/C=C/C(=O)c2cn(C3CC3)c3cc(N4CCN(C(C)=O)CC4)c(F)cc3c2=O)cc1. The van der Waals surface area contributed by atoms with Crippen LogP contribution in [-0.4, -0.2) is 54.4 Å². The number of fused-ring (bicyclic) bond motifs is 1. The molecule has 8 heteroatoms. The van der Waals surface area contributed by atoms with E-state index >= 15 is 4.39 Å². The Morgan fingerprint density at radius 2 is 1.75 bits per heavy atom. The van der Waals surface area contributed by atoms with E-state index in [2.05, 4.69) is 0 Å². The molecule has 1 amide bonds. The Kier molecular flexibility index (Phi) is 6.35. The highest BCUT2D eigenvalue weighted by Gasteiger charge is 2.28. The summed E-state index contributed by atoms with van der Waals surface area (Å²) in [6, 6.07) is 10.4. The minimum Gasteiger partial charge on any atom is -0.497 e. The topological polar surface area (TPSA) is 71.8 Å². The summed E-state index contributed by atoms with van der Waals surface area (Å²) in [4.78, 5) is 41.6. The highest BCUT2D eigenvalue weighted by atomic mass is 19.1. The number of nitrogens with zero attached hydrogens (tertiary/aromatic N) is 3. The van der Waals surface area contributed by atoms with Crippen LogP contribution in [0, 0.1) is 5.82 Å². The lowest BCUT2D eigenvalue weighted by Crippen LogP contribution is -2.48. The van der Waals surface area contributed by atoms with Gasteiger partial charge in [0, 0.05) is 50.7 Å². The molecule has 7 nitrogen and oxygen atoms in total. The number of ketones is 1. The van der Waals surface area contributed by atoms with Crippen molar-refractivity contribution in [2.24, 2.45) is 0 Å². The number of amides is 1. The third-order valence-corrected chi connectivity index (χ3v) is 6.92. The monoisotopic (exact) mass is 489 g/mol. The van der Waals surface area contributed by atoms with E-state index in [4.69, 9.17) is 4.74 Å². The van der Waals surface area contributed by atoms with E-state index in [1.54, 1.807) is 42.5 Å². The van der Waals surface area contributed by atoms with Crippen LogP contribution in [0.4, 0.5) is 10.1 Å². The zero-order valence-corrected chi connectivity index (χ0v) is 20.4. The van der Waals surface area contributed by atoms with Crippen LogP contribution in [0.25, 0.3) is 17.0 Å². The van der Waals surface area contributed by atoms with Gasteiger partial charge < -0.3 is 19.1 Å². The molecule has 1 aliphatic heterocycles. The van der Waals surface area contributed by atoms with Crippen molar-refractivity contribution in [3.63, 3.8) is 0 Å². The van der Waals surface area contributed by atoms with Crippen molar-refractivity contribution in [1.82, 2.24) is 9.47 Å². The molecule has 0 radical (unpaired) electrons. The number of methoxy groups -OCH3 is 1. The number of allylic oxidation sites excluding steroid dienone is 1. The van der Waals surface area contributed by atoms with Gasteiger partial charge in [-0.3, -0.25) is 14.4 Å². The summed E-state index contributed by atoms with van der Waals surface area (Å²) in [5, 5.41) is 0.203. The summed E-state index contributed by atoms with van der Waals surface area (Å²) in [6.45, 7) is 3.61. The predicted molar refractivity (Wildman–Crippen MR) is 137 cm³/mol. The van der Waals surface area contributed by atoms with Gasteiger partial charge in [-0.05, 0) is 48.7 Å². The molecular formula is C28H28FN3O4. The minimum absolute atomic E-state index is 0.00874. The van der Waals surface area contributed by atoms with Crippen molar-refractivity contribution in [1.29, 1.82) is 0 Å². The number of rotatable bonds is 6. The van der Waals surface area contributed by atoms with Gasteiger partial charge in [-0.2, -0.15) is 0 Å². The van der Waals surface area contributed by atoms with Crippen LogP contribution in [0.2, 0.25) is 0 Å². The molecule has 0 spiro atoms. The maximum atomic E-state index is 15.3. The van der Waals surface area contributed by atoms with Gasteiger partial charge in [0.15, 0.2) is 5.78 Å². The molecule has 2 fully saturated rings. The Morgan fingerprint density at radius 1 is 1.06 bits per heavy atom. The third kappa shape index (κ3) is 4.63. The first-order valence-electron chi connectivity index (χ1n) is 12.1. The standard InChI is InChI=1S/C28H28FN3O4/c1-18(33)30-11-13-31(14-12-30)26-16-25-22(15-24(26)29)28(35)23(17-32(25)20-6-7-20)27(34)10-5-19-3-8-21(36-2)9-4-19/h3-5,8-10,15-17,20H,6-7,11-14H2,1-2H3/b10-5+. The first-order chi connectivity index (χ1) is 17.4. The summed E-state index contributed by atoms with van der Waals surface area (Å²) < 4.78 is 22.4. The summed E-state index contributed by atoms with van der Waals surface area (Å²) >= 11 is 0. The van der Waals surface area contributed by atoms with Gasteiger partial charge in [-0.1, -0.05) is 18.2 Å². The molecule has 5 rings (SSSR count). The molecule has 1 aromatic heterocycles. The number of halogens is 1. The maximum absolute atomic E-state index is 15.3. The minimum atomic E-state index is -0.503. The number of anilines is 1. The van der Waals surface area contributed by atoms with Crippen molar-refractivity contribution in [3.05, 3.63) is 75.8 Å². The fourth-order valence-electron chi connectivity index (χ4n) is 4.67. The number of hydrogen-bond acceptors (Lipinski definition) is 5. The van der Waals surface area contributed by atoms with Crippen LogP contribution in [0.1, 0.15) is 41.7 Å². The van der Waals surface area contributed by atoms with Crippen molar-refractivity contribution >= 4 is 34.4 Å². The molecule has 1 aliphatic carbocycles. The Morgan fingerprint density at radius 3 is 2.36 bits per heavy atom. The van der Waals surface area contributed by atoms with E-state index in [1.807, 2.05) is 21.6 Å². The Bertz CT molecular complexity index is 1420. The number of carbonyl (C=O) groups excluding carboxylic acids is 2. The molecule has 0 atom stereocenters. The van der Waals surface area contributed by atoms with Gasteiger partial charge in [0.05, 0.1) is 23.9 Å². The number of piperazine rings is 1. The average molecular weight is 490 g/mol. The normalized spacial score (nSPS) is 16.1. The summed E-state index contributed by atoms with van der Waals surface area (Å²) in [5.41, 5.74) is 1.40. The third-order valence-electron chi connectivity index (χ3n) is 6.92. The first kappa shape index (κ1) is 23.8. The van der Waals surface area contributed by atoms with Crippen LogP contribution in [-0.2, 0) is 4.79 Å². The molecule has 1 saturated carbocycles. The van der Waals surface area contributed by atoms with E-state index in [-0.39, 0.29) is 22.9 Å². The largest absolute Gasteiger partial charge is 0.497 e. The summed E-state index contributed by atoms with van der Waals surface area (Å²) in [6.07, 6.45) is 6.53. The van der Waals surface area contributed by atoms with Gasteiger partial charge in [0.25, 0.3) is 0 Å². The van der Waals surface area contributed by atoms with Gasteiger partial charge in [-0.15, -0.1) is 0 Å². The highest BCUT2D eigenvalue weighted by Crippen LogP contribution is 2.38. The molecule has 0 bridgehead atoms. The van der Waals surface area contributed by atoms with E-state index in [0.29, 0.717) is 43.1 Å². The fourth-order valence-corrected chi connectivity index (χ4v) is 4.67. The number of carbonyl (C=O) groups is 2. The second kappa shape index (κ2) is 9.60. The lowest BCUT2D eigenvalue weighted by molar-refractivity contribution is -0.129. The highest BCUT2D eigenvalue weighted by molar-refractivity contribution is 6.08. The molecule has 2 aliphatic rings. The van der Waals surface area contributed by atoms with Crippen LogP contribution < -0.4 is 15.1 Å². The van der Waals surface area contributed by atoms with Gasteiger partial charge in [0.2, 0.25) is 11.3 Å². The molecule has 0 N–H and O–H groups in total. The van der Waals surface area contributed by atoms with Gasteiger partial charge in [-0.25, -0.2) is 4.39 Å². The van der Waals surface area contributed by atoms with E-state index < -0.39 is 17.0 Å². The van der Waals surface area contributed by atoms with Crippen LogP contribution in [0.15, 0.2) is 53.5 Å². The number of pyridine rings is 1. The van der Waals surface area contributed by atoms with Gasteiger partial charge in [0.1, 0.15) is 11.6 Å². The number of benzene rings is 2. The zero-order chi connectivity index (χ0) is 25.4. The van der Waals surface area contributed by atoms with Crippen LogP contribution >= 0.6 is 0 Å². The maximum Gasteiger partial charge on any atom is 0.219 e. The van der Waals surface area contributed by atoms with Crippen molar-refractivity contribution in [2.45, 2.75) is 25.8 Å². The van der Waals surface area contributed by atoms with E-state index in [9.17, 15) is 14.4 Å². The lowest BCUT2D eigenvalue weighted by Gasteiger charge is -2.36. The number of aromatic nitrogens is 1. The van der Waals surface area contributed by atoms with Crippen molar-refractivity contribution < 1.29 is 18.7 Å². The van der Waals surface area contributed by atoms with Crippen LogP contribution in [0.3, 0.4) is 0 Å². The predicted octanol–water partition coefficient (Wildman–Crippen LogP) is 4.05. The van der Waals surface area contributed by atoms with Crippen LogP contribution in [0.5, 0.6) is 5.75 Å². The second-order valence-corrected chi connectivity index (χ2v) is 9.29. The molecule has 3 aromatic rings. The molecule has 36 heavy (non-hydrogen) atoms. The zero-order valence-electron chi connectivity index (χ0n) is 20.4. The molecule has 2 aromatic carbocycles. The molecule has 2 heterocycles. The molecule has 1 saturated heterocycles. The fraction of sp³-hybridized carbons (Fsp3) is 0.321. The summed E-state index contributed by atoms with van der Waals surface area (Å²) in [7, 11) is 1.58. The van der Waals surface area contributed by atoms with E-state index in [1.165, 1.54) is 19.1 Å². The van der Waals surface area contributed by atoms with Crippen molar-refractivity contribution in [3.8, 4) is 5.75 Å². The smallest absolute Gasteiger partial charge is 0.219 e. The Hall–Kier alpha value is -3.94. The molecular weight excluding hydrogens is 461 g/mol. The molecule has 0 unspecified atom stereocenters. The number of ether oxygens (including phenoxy) is 1. The number of hydrogen-bond donors (Lipinski definition) is 0. The van der Waals surface area contributed by atoms with Gasteiger partial charge >= 0.3 is 0 Å². The van der Waals surface area contributed by atoms with E-state index in [0.717, 1.165) is 18.4 Å². The quantitative estimate of drug-likeness (QED) is 0.386.